The lowest BCUT2D eigenvalue weighted by atomic mass is 10.1. The highest BCUT2D eigenvalue weighted by Crippen LogP contribution is 2.38. The molecule has 1 atom stereocenters. The molecule has 2 heterocycles. The zero-order chi connectivity index (χ0) is 26.4. The largest absolute Gasteiger partial charge is 0.493 e. The third-order valence-corrected chi connectivity index (χ3v) is 6.99. The predicted octanol–water partition coefficient (Wildman–Crippen LogP) is 5.44. The van der Waals surface area contributed by atoms with Gasteiger partial charge in [-0.2, -0.15) is 0 Å². The van der Waals surface area contributed by atoms with Gasteiger partial charge >= 0.3 is 0 Å². The maximum atomic E-state index is 12.9. The van der Waals surface area contributed by atoms with Crippen LogP contribution in [-0.4, -0.2) is 57.4 Å². The number of nitrogens with one attached hydrogen (secondary N) is 1. The van der Waals surface area contributed by atoms with Gasteiger partial charge in [-0.05, 0) is 54.4 Å². The molecule has 1 aliphatic heterocycles. The van der Waals surface area contributed by atoms with E-state index in [0.29, 0.717) is 42.6 Å². The average Bonchev–Trinajstić information content (AvgIpc) is 2.91. The predicted molar refractivity (Wildman–Crippen MR) is 144 cm³/mol. The van der Waals surface area contributed by atoms with Gasteiger partial charge in [0.2, 0.25) is 0 Å². The summed E-state index contributed by atoms with van der Waals surface area (Å²) >= 11 is 7.03. The highest BCUT2D eigenvalue weighted by Gasteiger charge is 2.34. The standard InChI is InChI=1S/C26H28ClN5O4S/c1-4-31-21(18-8-12-22(35-3)23(14-18)36-5-2)16-37-26(34)32(31)15-17-6-9-19(10-7-17)28-25(33)20-11-13-24(27)30-29-20/h6-14,21H,4-5,15-16H2,1-3H3,(H,28,33). The first-order valence-corrected chi connectivity index (χ1v) is 13.2. The Morgan fingerprint density at radius 3 is 2.54 bits per heavy atom. The van der Waals surface area contributed by atoms with Crippen LogP contribution in [0.2, 0.25) is 5.15 Å². The number of amides is 2. The summed E-state index contributed by atoms with van der Waals surface area (Å²) in [5.41, 5.74) is 2.76. The first-order chi connectivity index (χ1) is 17.9. The number of rotatable bonds is 9. The van der Waals surface area contributed by atoms with Crippen LogP contribution in [0.15, 0.2) is 54.6 Å². The van der Waals surface area contributed by atoms with Crippen LogP contribution in [-0.2, 0) is 6.54 Å². The summed E-state index contributed by atoms with van der Waals surface area (Å²) in [7, 11) is 1.62. The number of halogens is 1. The molecule has 9 nitrogen and oxygen atoms in total. The van der Waals surface area contributed by atoms with E-state index in [4.69, 9.17) is 21.1 Å². The van der Waals surface area contributed by atoms with Crippen molar-refractivity contribution in [3.63, 3.8) is 0 Å². The van der Waals surface area contributed by atoms with Crippen LogP contribution in [0.5, 0.6) is 11.5 Å². The summed E-state index contributed by atoms with van der Waals surface area (Å²) in [6.45, 7) is 5.56. The van der Waals surface area contributed by atoms with Gasteiger partial charge in [-0.3, -0.25) is 14.6 Å². The Labute approximate surface area is 225 Å². The van der Waals surface area contributed by atoms with E-state index >= 15 is 0 Å². The van der Waals surface area contributed by atoms with Crippen molar-refractivity contribution in [2.45, 2.75) is 26.4 Å². The molecule has 11 heteroatoms. The maximum absolute atomic E-state index is 12.9. The Bertz CT molecular complexity index is 1240. The molecule has 3 aromatic rings. The SMILES string of the molecule is CCOc1cc(C2CSC(=O)N(Cc3ccc(NC(=O)c4ccc(Cl)nn4)cc3)N2CC)ccc1OC. The van der Waals surface area contributed by atoms with Crippen molar-refractivity contribution in [3.05, 3.63) is 76.6 Å². The summed E-state index contributed by atoms with van der Waals surface area (Å²) < 4.78 is 11.2. The highest BCUT2D eigenvalue weighted by molar-refractivity contribution is 8.13. The van der Waals surface area contributed by atoms with Crippen molar-refractivity contribution >= 4 is 40.2 Å². The molecule has 0 aliphatic carbocycles. The minimum atomic E-state index is -0.384. The number of carbonyl (C=O) groups is 2. The summed E-state index contributed by atoms with van der Waals surface area (Å²) in [6.07, 6.45) is 0. The molecular weight excluding hydrogens is 514 g/mol. The first kappa shape index (κ1) is 26.7. The maximum Gasteiger partial charge on any atom is 0.296 e. The number of anilines is 1. The molecule has 1 fully saturated rings. The number of hydrazine groups is 1. The summed E-state index contributed by atoms with van der Waals surface area (Å²) in [5.74, 6) is 1.62. The van der Waals surface area contributed by atoms with Gasteiger partial charge in [0.1, 0.15) is 0 Å². The van der Waals surface area contributed by atoms with E-state index in [1.54, 1.807) is 24.3 Å². The molecule has 2 amide bonds. The van der Waals surface area contributed by atoms with Crippen molar-refractivity contribution in [2.24, 2.45) is 0 Å². The van der Waals surface area contributed by atoms with Crippen LogP contribution in [0, 0.1) is 0 Å². The zero-order valence-corrected chi connectivity index (χ0v) is 22.4. The molecule has 1 aromatic heterocycles. The van der Waals surface area contributed by atoms with Gasteiger partial charge in [0, 0.05) is 18.0 Å². The van der Waals surface area contributed by atoms with Crippen molar-refractivity contribution in [2.75, 3.05) is 31.3 Å². The molecule has 0 saturated carbocycles. The van der Waals surface area contributed by atoms with Crippen LogP contribution in [0.4, 0.5) is 10.5 Å². The molecule has 37 heavy (non-hydrogen) atoms. The number of hydrogen-bond acceptors (Lipinski definition) is 8. The lowest BCUT2D eigenvalue weighted by molar-refractivity contribution is -0.0142. The molecule has 4 rings (SSSR count). The molecule has 1 N–H and O–H groups in total. The second-order valence-corrected chi connectivity index (χ2v) is 9.50. The van der Waals surface area contributed by atoms with Crippen LogP contribution >= 0.6 is 23.4 Å². The quantitative estimate of drug-likeness (QED) is 0.382. The first-order valence-electron chi connectivity index (χ1n) is 11.8. The van der Waals surface area contributed by atoms with E-state index < -0.39 is 0 Å². The average molecular weight is 542 g/mol. The third-order valence-electron chi connectivity index (χ3n) is 5.85. The van der Waals surface area contributed by atoms with Gasteiger partial charge in [0.05, 0.1) is 26.3 Å². The topological polar surface area (TPSA) is 96.9 Å². The monoisotopic (exact) mass is 541 g/mol. The Morgan fingerprint density at radius 2 is 1.89 bits per heavy atom. The minimum absolute atomic E-state index is 0.00291. The van der Waals surface area contributed by atoms with Crippen molar-refractivity contribution in [3.8, 4) is 11.5 Å². The Morgan fingerprint density at radius 1 is 1.11 bits per heavy atom. The fraction of sp³-hybridized carbons (Fsp3) is 0.308. The molecule has 0 radical (unpaired) electrons. The van der Waals surface area contributed by atoms with E-state index in [2.05, 4.69) is 20.5 Å². The number of methoxy groups -OCH3 is 1. The lowest BCUT2D eigenvalue weighted by Crippen LogP contribution is -2.50. The number of hydrogen-bond donors (Lipinski definition) is 1. The van der Waals surface area contributed by atoms with Gasteiger partial charge in [0.15, 0.2) is 22.3 Å². The molecule has 194 valence electrons. The molecule has 1 aliphatic rings. The van der Waals surface area contributed by atoms with Crippen molar-refractivity contribution in [1.29, 1.82) is 0 Å². The van der Waals surface area contributed by atoms with E-state index in [1.165, 1.54) is 23.9 Å². The Hall–Kier alpha value is -3.34. The van der Waals surface area contributed by atoms with E-state index in [0.717, 1.165) is 11.1 Å². The molecule has 2 aromatic carbocycles. The highest BCUT2D eigenvalue weighted by atomic mass is 35.5. The lowest BCUT2D eigenvalue weighted by Gasteiger charge is -2.43. The molecule has 0 spiro atoms. The second-order valence-electron chi connectivity index (χ2n) is 8.14. The number of ether oxygens (including phenoxy) is 2. The van der Waals surface area contributed by atoms with Gasteiger partial charge < -0.3 is 14.8 Å². The number of benzene rings is 2. The molecule has 1 saturated heterocycles. The number of thioether (sulfide) groups is 1. The van der Waals surface area contributed by atoms with Crippen molar-refractivity contribution < 1.29 is 19.1 Å². The molecule has 0 bridgehead atoms. The summed E-state index contributed by atoms with van der Waals surface area (Å²) in [5, 5.41) is 14.4. The number of nitrogens with zero attached hydrogens (tertiary/aromatic N) is 4. The third kappa shape index (κ3) is 6.33. The van der Waals surface area contributed by atoms with Crippen LogP contribution < -0.4 is 14.8 Å². The summed E-state index contributed by atoms with van der Waals surface area (Å²) in [6, 6.07) is 16.3. The van der Waals surface area contributed by atoms with Crippen LogP contribution in [0.25, 0.3) is 0 Å². The Balaban J connectivity index is 1.48. The number of carbonyl (C=O) groups excluding carboxylic acids is 2. The van der Waals surface area contributed by atoms with Gasteiger partial charge in [-0.25, -0.2) is 5.01 Å². The van der Waals surface area contributed by atoms with E-state index in [1.807, 2.05) is 44.2 Å². The molecule has 1 unspecified atom stereocenters. The van der Waals surface area contributed by atoms with E-state index in [-0.39, 0.29) is 28.0 Å². The van der Waals surface area contributed by atoms with Gasteiger partial charge in [0.25, 0.3) is 11.1 Å². The van der Waals surface area contributed by atoms with E-state index in [9.17, 15) is 9.59 Å². The number of aromatic nitrogens is 2. The Kier molecular flexibility index (Phi) is 8.86. The zero-order valence-electron chi connectivity index (χ0n) is 20.8. The van der Waals surface area contributed by atoms with Gasteiger partial charge in [-0.1, -0.05) is 48.5 Å². The fourth-order valence-electron chi connectivity index (χ4n) is 4.07. The van der Waals surface area contributed by atoms with Gasteiger partial charge in [-0.15, -0.1) is 10.2 Å². The normalized spacial score (nSPS) is 15.9. The van der Waals surface area contributed by atoms with Crippen LogP contribution in [0.3, 0.4) is 0 Å². The van der Waals surface area contributed by atoms with Crippen molar-refractivity contribution in [1.82, 2.24) is 20.2 Å². The van der Waals surface area contributed by atoms with Crippen LogP contribution in [0.1, 0.15) is 41.5 Å². The summed E-state index contributed by atoms with van der Waals surface area (Å²) in [4.78, 5) is 25.3. The fourth-order valence-corrected chi connectivity index (χ4v) is 5.15. The minimum Gasteiger partial charge on any atom is -0.493 e. The smallest absolute Gasteiger partial charge is 0.296 e. The second kappa shape index (κ2) is 12.3. The molecular formula is C26H28ClN5O4S.